The zero-order valence-corrected chi connectivity index (χ0v) is 13.3. The zero-order valence-electron chi connectivity index (χ0n) is 12.6. The van der Waals surface area contributed by atoms with E-state index in [4.69, 9.17) is 11.6 Å². The van der Waals surface area contributed by atoms with Crippen LogP contribution < -0.4 is 5.32 Å². The minimum Gasteiger partial charge on any atom is -0.315 e. The average molecular weight is 268 g/mol. The molecule has 0 fully saturated rings. The molecule has 18 heavy (non-hydrogen) atoms. The third-order valence-corrected chi connectivity index (χ3v) is 4.07. The molecule has 1 N–H and O–H groups in total. The highest BCUT2D eigenvalue weighted by Crippen LogP contribution is 2.32. The first-order chi connectivity index (χ1) is 8.31. The first-order valence-corrected chi connectivity index (χ1v) is 7.19. The van der Waals surface area contributed by atoms with Gasteiger partial charge in [-0.25, -0.2) is 0 Å². The van der Waals surface area contributed by atoms with Crippen molar-refractivity contribution in [1.29, 1.82) is 0 Å². The third-order valence-electron chi connectivity index (χ3n) is 3.88. The number of aryl methyl sites for hydroxylation is 2. The normalized spacial score (nSPS) is 11.9. The molecule has 2 heteroatoms. The van der Waals surface area contributed by atoms with Crippen LogP contribution in [-0.4, -0.2) is 19.0 Å². The van der Waals surface area contributed by atoms with E-state index in [1.54, 1.807) is 0 Å². The van der Waals surface area contributed by atoms with Crippen LogP contribution in [0.1, 0.15) is 41.7 Å². The lowest BCUT2D eigenvalue weighted by molar-refractivity contribution is 0.473. The van der Waals surface area contributed by atoms with Crippen molar-refractivity contribution < 1.29 is 0 Å². The van der Waals surface area contributed by atoms with Gasteiger partial charge < -0.3 is 5.32 Å². The van der Waals surface area contributed by atoms with Crippen LogP contribution >= 0.6 is 11.6 Å². The predicted octanol–water partition coefficient (Wildman–Crippen LogP) is 4.03. The monoisotopic (exact) mass is 267 g/mol. The number of hydrogen-bond acceptors (Lipinski definition) is 1. The summed E-state index contributed by atoms with van der Waals surface area (Å²) in [4.78, 5) is 0. The summed E-state index contributed by atoms with van der Waals surface area (Å²) in [6.07, 6.45) is 0. The third kappa shape index (κ3) is 3.27. The van der Waals surface area contributed by atoms with Crippen LogP contribution in [0.3, 0.4) is 0 Å². The van der Waals surface area contributed by atoms with Crippen LogP contribution in [0.5, 0.6) is 0 Å². The minimum absolute atomic E-state index is 0.136. The molecule has 0 aliphatic heterocycles. The van der Waals surface area contributed by atoms with Crippen LogP contribution in [-0.2, 0) is 5.41 Å². The fourth-order valence-corrected chi connectivity index (χ4v) is 2.92. The molecule has 0 aromatic heterocycles. The highest BCUT2D eigenvalue weighted by atomic mass is 35.5. The number of hydrogen-bond donors (Lipinski definition) is 1. The highest BCUT2D eigenvalue weighted by Gasteiger charge is 2.25. The summed E-state index contributed by atoms with van der Waals surface area (Å²) in [7, 11) is 0. The minimum atomic E-state index is 0.136. The Bertz CT molecular complexity index is 395. The summed E-state index contributed by atoms with van der Waals surface area (Å²) in [6.45, 7) is 15.3. The zero-order chi connectivity index (χ0) is 13.9. The van der Waals surface area contributed by atoms with Gasteiger partial charge in [-0.05, 0) is 55.5 Å². The molecule has 0 atom stereocenters. The Hall–Kier alpha value is -0.530. The van der Waals surface area contributed by atoms with E-state index in [0.717, 1.165) is 13.1 Å². The lowest BCUT2D eigenvalue weighted by Crippen LogP contribution is -2.35. The van der Waals surface area contributed by atoms with Crippen molar-refractivity contribution in [3.8, 4) is 0 Å². The number of halogens is 1. The maximum atomic E-state index is 5.73. The molecule has 1 aromatic carbocycles. The maximum Gasteiger partial charge on any atom is 0.0348 e. The maximum absolute atomic E-state index is 5.73. The van der Waals surface area contributed by atoms with Crippen molar-refractivity contribution in [2.75, 3.05) is 19.0 Å². The molecule has 0 amide bonds. The van der Waals surface area contributed by atoms with Crippen LogP contribution in [0, 0.1) is 27.7 Å². The molecule has 0 aliphatic carbocycles. The SMILES string of the molecule is Cc1cc(C)c(C)c(C(C)(C)CNCCCl)c1C. The number of alkyl halides is 1. The summed E-state index contributed by atoms with van der Waals surface area (Å²) in [5, 5.41) is 3.44. The standard InChI is InChI=1S/C16H26ClN/c1-11-9-12(2)14(4)15(13(11)3)16(5,6)10-18-8-7-17/h9,18H,7-8,10H2,1-6H3. The van der Waals surface area contributed by atoms with Gasteiger partial charge in [0, 0.05) is 24.4 Å². The molecule has 0 spiro atoms. The van der Waals surface area contributed by atoms with Crippen molar-refractivity contribution in [3.05, 3.63) is 33.9 Å². The Morgan fingerprint density at radius 2 is 1.56 bits per heavy atom. The van der Waals surface area contributed by atoms with E-state index in [1.807, 2.05) is 0 Å². The van der Waals surface area contributed by atoms with Crippen molar-refractivity contribution in [2.24, 2.45) is 0 Å². The average Bonchev–Trinajstić information content (AvgIpc) is 2.26. The second-order valence-electron chi connectivity index (χ2n) is 5.89. The Morgan fingerprint density at radius 3 is 2.00 bits per heavy atom. The van der Waals surface area contributed by atoms with Gasteiger partial charge in [0.25, 0.3) is 0 Å². The van der Waals surface area contributed by atoms with Gasteiger partial charge in [0.15, 0.2) is 0 Å². The number of rotatable bonds is 5. The molecule has 0 saturated heterocycles. The second kappa shape index (κ2) is 6.08. The van der Waals surface area contributed by atoms with E-state index in [-0.39, 0.29) is 5.41 Å². The predicted molar refractivity (Wildman–Crippen MR) is 82.0 cm³/mol. The molecule has 0 aliphatic rings. The fourth-order valence-electron chi connectivity index (χ4n) is 2.79. The smallest absolute Gasteiger partial charge is 0.0348 e. The Kier molecular flexibility index (Phi) is 5.24. The van der Waals surface area contributed by atoms with E-state index >= 15 is 0 Å². The molecule has 102 valence electrons. The quantitative estimate of drug-likeness (QED) is 0.628. The lowest BCUT2D eigenvalue weighted by atomic mass is 9.77. The molecule has 1 rings (SSSR count). The Labute approximate surface area is 117 Å². The van der Waals surface area contributed by atoms with E-state index < -0.39 is 0 Å². The highest BCUT2D eigenvalue weighted by molar-refractivity contribution is 6.18. The van der Waals surface area contributed by atoms with Gasteiger partial charge in [-0.1, -0.05) is 19.9 Å². The molecule has 0 saturated carbocycles. The first kappa shape index (κ1) is 15.5. The molecule has 1 nitrogen and oxygen atoms in total. The topological polar surface area (TPSA) is 12.0 Å². The van der Waals surface area contributed by atoms with E-state index in [9.17, 15) is 0 Å². The van der Waals surface area contributed by atoms with Gasteiger partial charge in [0.05, 0.1) is 0 Å². The molecule has 0 bridgehead atoms. The fraction of sp³-hybridized carbons (Fsp3) is 0.625. The molecule has 1 aromatic rings. The Balaban J connectivity index is 3.14. The largest absolute Gasteiger partial charge is 0.315 e. The van der Waals surface area contributed by atoms with E-state index in [1.165, 1.54) is 27.8 Å². The van der Waals surface area contributed by atoms with Crippen LogP contribution in [0.4, 0.5) is 0 Å². The van der Waals surface area contributed by atoms with Gasteiger partial charge in [-0.3, -0.25) is 0 Å². The van der Waals surface area contributed by atoms with E-state index in [0.29, 0.717) is 5.88 Å². The van der Waals surface area contributed by atoms with Gasteiger partial charge in [-0.15, -0.1) is 11.6 Å². The number of nitrogens with one attached hydrogen (secondary N) is 1. The van der Waals surface area contributed by atoms with Crippen LogP contribution in [0.25, 0.3) is 0 Å². The molecule has 0 radical (unpaired) electrons. The lowest BCUT2D eigenvalue weighted by Gasteiger charge is -2.31. The van der Waals surface area contributed by atoms with Crippen molar-refractivity contribution in [3.63, 3.8) is 0 Å². The summed E-state index contributed by atoms with van der Waals surface area (Å²) >= 11 is 5.73. The Morgan fingerprint density at radius 1 is 1.06 bits per heavy atom. The number of benzene rings is 1. The summed E-state index contributed by atoms with van der Waals surface area (Å²) in [6, 6.07) is 2.29. The van der Waals surface area contributed by atoms with Gasteiger partial charge in [0.2, 0.25) is 0 Å². The summed E-state index contributed by atoms with van der Waals surface area (Å²) in [5.41, 5.74) is 7.25. The molecule has 0 unspecified atom stereocenters. The molecular weight excluding hydrogens is 242 g/mol. The van der Waals surface area contributed by atoms with Crippen molar-refractivity contribution in [1.82, 2.24) is 5.32 Å². The van der Waals surface area contributed by atoms with Crippen LogP contribution in [0.15, 0.2) is 6.07 Å². The van der Waals surface area contributed by atoms with E-state index in [2.05, 4.69) is 52.9 Å². The molecule has 0 heterocycles. The molecular formula is C16H26ClN. The van der Waals surface area contributed by atoms with Crippen molar-refractivity contribution in [2.45, 2.75) is 47.0 Å². The van der Waals surface area contributed by atoms with Crippen molar-refractivity contribution >= 4 is 11.6 Å². The summed E-state index contributed by atoms with van der Waals surface area (Å²) in [5.74, 6) is 0.668. The first-order valence-electron chi connectivity index (χ1n) is 6.66. The summed E-state index contributed by atoms with van der Waals surface area (Å²) < 4.78 is 0. The van der Waals surface area contributed by atoms with Gasteiger partial charge in [-0.2, -0.15) is 0 Å². The van der Waals surface area contributed by atoms with Gasteiger partial charge >= 0.3 is 0 Å². The van der Waals surface area contributed by atoms with Crippen LogP contribution in [0.2, 0.25) is 0 Å². The van der Waals surface area contributed by atoms with Gasteiger partial charge in [0.1, 0.15) is 0 Å². The second-order valence-corrected chi connectivity index (χ2v) is 6.26.